The van der Waals surface area contributed by atoms with Crippen LogP contribution in [-0.4, -0.2) is 12.5 Å². The molecule has 0 aromatic carbocycles. The molecular formula is C6H5ClOS3. The molecular weight excluding hydrogens is 220 g/mol. The maximum atomic E-state index is 10.1. The lowest BCUT2D eigenvalue weighted by Crippen LogP contribution is -1.72. The van der Waals surface area contributed by atoms with Gasteiger partial charge in [-0.2, -0.15) is 0 Å². The minimum atomic E-state index is 0.708. The number of aldehydes is 1. The molecule has 0 atom stereocenters. The Morgan fingerprint density at radius 3 is 2.73 bits per heavy atom. The maximum absolute atomic E-state index is 10.1. The molecule has 11 heavy (non-hydrogen) atoms. The molecule has 0 saturated heterocycles. The van der Waals surface area contributed by atoms with E-state index in [0.29, 0.717) is 5.03 Å². The fourth-order valence-corrected chi connectivity index (χ4v) is 4.75. The SMILES string of the molecule is CSC1=C(Cl)/C(=C/C=O)SS1. The van der Waals surface area contributed by atoms with Crippen LogP contribution >= 0.6 is 45.0 Å². The molecule has 1 aliphatic rings. The number of carbonyl (C=O) groups is 1. The summed E-state index contributed by atoms with van der Waals surface area (Å²) >= 11 is 7.52. The molecule has 0 radical (unpaired) electrons. The van der Waals surface area contributed by atoms with Crippen LogP contribution in [0.2, 0.25) is 0 Å². The smallest absolute Gasteiger partial charge is 0.144 e. The minimum absolute atomic E-state index is 0.708. The van der Waals surface area contributed by atoms with E-state index in [0.717, 1.165) is 15.4 Å². The molecule has 1 heterocycles. The third kappa shape index (κ3) is 2.21. The van der Waals surface area contributed by atoms with Crippen LogP contribution in [0.3, 0.4) is 0 Å². The van der Waals surface area contributed by atoms with Crippen LogP contribution in [0.5, 0.6) is 0 Å². The Morgan fingerprint density at radius 1 is 1.55 bits per heavy atom. The normalized spacial score (nSPS) is 21.5. The van der Waals surface area contributed by atoms with Gasteiger partial charge in [0.05, 0.1) is 9.27 Å². The van der Waals surface area contributed by atoms with Crippen molar-refractivity contribution in [2.75, 3.05) is 6.26 Å². The average Bonchev–Trinajstić information content (AvgIpc) is 2.34. The van der Waals surface area contributed by atoms with Gasteiger partial charge in [-0.25, -0.2) is 0 Å². The molecule has 0 amide bonds. The van der Waals surface area contributed by atoms with E-state index >= 15 is 0 Å². The first-order valence-corrected chi connectivity index (χ1v) is 6.49. The predicted molar refractivity (Wildman–Crippen MR) is 55.7 cm³/mol. The van der Waals surface area contributed by atoms with E-state index in [9.17, 15) is 4.79 Å². The molecule has 0 aromatic rings. The number of hydrogen-bond donors (Lipinski definition) is 0. The van der Waals surface area contributed by atoms with Gasteiger partial charge in [0, 0.05) is 4.91 Å². The van der Waals surface area contributed by atoms with Crippen LogP contribution in [0.4, 0.5) is 0 Å². The highest BCUT2D eigenvalue weighted by molar-refractivity contribution is 8.82. The molecule has 0 fully saturated rings. The monoisotopic (exact) mass is 224 g/mol. The molecule has 0 spiro atoms. The van der Waals surface area contributed by atoms with Crippen LogP contribution < -0.4 is 0 Å². The summed E-state index contributed by atoms with van der Waals surface area (Å²) in [5.74, 6) is 0. The van der Waals surface area contributed by atoms with Gasteiger partial charge in [0.2, 0.25) is 0 Å². The van der Waals surface area contributed by atoms with Crippen LogP contribution in [0.15, 0.2) is 20.3 Å². The van der Waals surface area contributed by atoms with Gasteiger partial charge in [0.25, 0.3) is 0 Å². The van der Waals surface area contributed by atoms with Crippen molar-refractivity contribution in [2.45, 2.75) is 0 Å². The van der Waals surface area contributed by atoms with Crippen molar-refractivity contribution in [2.24, 2.45) is 0 Å². The molecule has 0 bridgehead atoms. The Labute approximate surface area is 82.4 Å². The third-order valence-electron chi connectivity index (χ3n) is 1.01. The lowest BCUT2D eigenvalue weighted by Gasteiger charge is -1.90. The van der Waals surface area contributed by atoms with E-state index in [4.69, 9.17) is 11.6 Å². The van der Waals surface area contributed by atoms with Gasteiger partial charge in [-0.1, -0.05) is 22.4 Å². The molecule has 0 aliphatic carbocycles. The summed E-state index contributed by atoms with van der Waals surface area (Å²) in [6, 6.07) is 0. The highest BCUT2D eigenvalue weighted by atomic mass is 35.5. The largest absolute Gasteiger partial charge is 0.299 e. The number of halogens is 1. The van der Waals surface area contributed by atoms with Crippen LogP contribution in [0.25, 0.3) is 0 Å². The van der Waals surface area contributed by atoms with E-state index in [-0.39, 0.29) is 0 Å². The van der Waals surface area contributed by atoms with Crippen molar-refractivity contribution < 1.29 is 4.79 Å². The molecule has 60 valence electrons. The van der Waals surface area contributed by atoms with Gasteiger partial charge in [-0.3, -0.25) is 4.79 Å². The average molecular weight is 225 g/mol. The molecule has 5 heteroatoms. The molecule has 1 aliphatic heterocycles. The first-order valence-electron chi connectivity index (χ1n) is 2.73. The van der Waals surface area contributed by atoms with Gasteiger partial charge in [-0.15, -0.1) is 11.8 Å². The molecule has 0 unspecified atom stereocenters. The Hall–Kier alpha value is 0.490. The zero-order chi connectivity index (χ0) is 8.27. The molecule has 1 nitrogen and oxygen atoms in total. The first-order chi connectivity index (χ1) is 5.29. The standard InChI is InChI=1S/C6H5ClOS3/c1-9-6-5(7)4(2-3-8)10-11-6/h2-3H,1H3/b4-2-. The van der Waals surface area contributed by atoms with E-state index in [1.165, 1.54) is 16.9 Å². The summed E-state index contributed by atoms with van der Waals surface area (Å²) in [4.78, 5) is 11.0. The summed E-state index contributed by atoms with van der Waals surface area (Å²) in [6.07, 6.45) is 4.22. The molecule has 0 saturated carbocycles. The number of hydrogen-bond acceptors (Lipinski definition) is 4. The van der Waals surface area contributed by atoms with Gasteiger partial charge < -0.3 is 0 Å². The fraction of sp³-hybridized carbons (Fsp3) is 0.167. The van der Waals surface area contributed by atoms with Crippen molar-refractivity contribution in [3.8, 4) is 0 Å². The van der Waals surface area contributed by atoms with Crippen molar-refractivity contribution in [1.29, 1.82) is 0 Å². The molecule has 1 rings (SSSR count). The van der Waals surface area contributed by atoms with E-state index in [1.54, 1.807) is 22.6 Å². The Bertz CT molecular complexity index is 234. The summed E-state index contributed by atoms with van der Waals surface area (Å²) in [6.45, 7) is 0. The molecule has 0 N–H and O–H groups in total. The fourth-order valence-electron chi connectivity index (χ4n) is 0.543. The van der Waals surface area contributed by atoms with Crippen LogP contribution in [0, 0.1) is 0 Å². The summed E-state index contributed by atoms with van der Waals surface area (Å²) in [5, 5.41) is 0.708. The van der Waals surface area contributed by atoms with Crippen molar-refractivity contribution in [3.63, 3.8) is 0 Å². The van der Waals surface area contributed by atoms with E-state index in [1.807, 2.05) is 6.26 Å². The third-order valence-corrected chi connectivity index (χ3v) is 5.62. The number of carbonyl (C=O) groups excluding carboxylic acids is 1. The van der Waals surface area contributed by atoms with Gasteiger partial charge in [0.15, 0.2) is 0 Å². The summed E-state index contributed by atoms with van der Waals surface area (Å²) in [7, 11) is 3.13. The molecule has 0 aromatic heterocycles. The first kappa shape index (κ1) is 9.58. The zero-order valence-electron chi connectivity index (χ0n) is 5.67. The Kier molecular flexibility index (Phi) is 3.92. The lowest BCUT2D eigenvalue weighted by atomic mass is 10.5. The van der Waals surface area contributed by atoms with Crippen molar-refractivity contribution in [1.82, 2.24) is 0 Å². The summed E-state index contributed by atoms with van der Waals surface area (Å²) in [5.41, 5.74) is 0. The second-order valence-electron chi connectivity index (χ2n) is 1.64. The summed E-state index contributed by atoms with van der Waals surface area (Å²) < 4.78 is 1.07. The number of thioether (sulfide) groups is 1. The second-order valence-corrected chi connectivity index (χ2v) is 5.27. The lowest BCUT2D eigenvalue weighted by molar-refractivity contribution is -0.104. The quantitative estimate of drug-likeness (QED) is 0.407. The predicted octanol–water partition coefficient (Wildman–Crippen LogP) is 3.24. The Morgan fingerprint density at radius 2 is 2.27 bits per heavy atom. The highest BCUT2D eigenvalue weighted by Gasteiger charge is 2.18. The van der Waals surface area contributed by atoms with Crippen LogP contribution in [0.1, 0.15) is 0 Å². The topological polar surface area (TPSA) is 17.1 Å². The minimum Gasteiger partial charge on any atom is -0.299 e. The van der Waals surface area contributed by atoms with Gasteiger partial charge in [-0.05, 0) is 23.1 Å². The second kappa shape index (κ2) is 4.50. The number of allylic oxidation sites excluding steroid dienone is 2. The van der Waals surface area contributed by atoms with Gasteiger partial charge >= 0.3 is 0 Å². The highest BCUT2D eigenvalue weighted by Crippen LogP contribution is 2.54. The van der Waals surface area contributed by atoms with Crippen LogP contribution in [-0.2, 0) is 4.79 Å². The van der Waals surface area contributed by atoms with E-state index < -0.39 is 0 Å². The maximum Gasteiger partial charge on any atom is 0.144 e. The Balaban J connectivity index is 2.85. The van der Waals surface area contributed by atoms with Crippen molar-refractivity contribution >= 4 is 51.2 Å². The zero-order valence-corrected chi connectivity index (χ0v) is 8.87. The van der Waals surface area contributed by atoms with Crippen molar-refractivity contribution in [3.05, 3.63) is 20.3 Å². The van der Waals surface area contributed by atoms with Gasteiger partial charge in [0.1, 0.15) is 6.29 Å². The van der Waals surface area contributed by atoms with E-state index in [2.05, 4.69) is 0 Å². The number of rotatable bonds is 2.